The monoisotopic (exact) mass is 414 g/mol. The summed E-state index contributed by atoms with van der Waals surface area (Å²) in [6.07, 6.45) is 8.99. The van der Waals surface area contributed by atoms with Gasteiger partial charge in [0.15, 0.2) is 16.6 Å². The number of rotatable bonds is 10. The first-order valence-electron chi connectivity index (χ1n) is 10.3. The van der Waals surface area contributed by atoms with Gasteiger partial charge < -0.3 is 14.0 Å². The lowest BCUT2D eigenvalue weighted by Gasteiger charge is -2.38. The topological polar surface area (TPSA) is 38.7 Å². The average Bonchev–Trinajstić information content (AvgIpc) is 2.42. The Hall–Kier alpha value is -0.206. The van der Waals surface area contributed by atoms with E-state index < -0.39 is 22.7 Å². The fraction of sp³-hybridized carbons (Fsp3) is 0.818. The molecule has 27 heavy (non-hydrogen) atoms. The van der Waals surface area contributed by atoms with Crippen molar-refractivity contribution in [2.45, 2.75) is 110 Å². The summed E-state index contributed by atoms with van der Waals surface area (Å²) in [6, 6.07) is 0. The molecule has 0 aromatic carbocycles. The summed E-state index contributed by atoms with van der Waals surface area (Å²) in [5, 5.41) is 10.7. The number of hydrogen-bond acceptors (Lipinski definition) is 3. The second-order valence-corrected chi connectivity index (χ2v) is 20.3. The molecular weight excluding hydrogens is 368 g/mol. The van der Waals surface area contributed by atoms with Crippen molar-refractivity contribution >= 4 is 16.6 Å². The fourth-order valence-electron chi connectivity index (χ4n) is 2.11. The highest BCUT2D eigenvalue weighted by Crippen LogP contribution is 2.38. The Kier molecular flexibility index (Phi) is 10.5. The summed E-state index contributed by atoms with van der Waals surface area (Å²) >= 11 is 0. The van der Waals surface area contributed by atoms with Gasteiger partial charge in [-0.05, 0) is 49.6 Å². The third-order valence-corrected chi connectivity index (χ3v) is 15.2. The van der Waals surface area contributed by atoms with Crippen LogP contribution >= 0.6 is 0 Å². The Morgan fingerprint density at radius 1 is 0.889 bits per heavy atom. The van der Waals surface area contributed by atoms with E-state index in [0.29, 0.717) is 6.42 Å². The highest BCUT2D eigenvalue weighted by atomic mass is 28.4. The maximum atomic E-state index is 10.2. The van der Waals surface area contributed by atoms with Crippen LogP contribution in [0.25, 0.3) is 0 Å². The van der Waals surface area contributed by atoms with Crippen molar-refractivity contribution in [3.05, 3.63) is 24.3 Å². The summed E-state index contributed by atoms with van der Waals surface area (Å²) in [7, 11) is -3.42. The lowest BCUT2D eigenvalue weighted by molar-refractivity contribution is 0.122. The summed E-state index contributed by atoms with van der Waals surface area (Å²) in [6.45, 7) is 25.4. The molecule has 1 N–H and O–H groups in total. The molecule has 0 bridgehead atoms. The predicted molar refractivity (Wildman–Crippen MR) is 124 cm³/mol. The second-order valence-electron chi connectivity index (χ2n) is 10.7. The van der Waals surface area contributed by atoms with Crippen LogP contribution in [0.4, 0.5) is 0 Å². The second kappa shape index (κ2) is 10.5. The molecule has 160 valence electrons. The summed E-state index contributed by atoms with van der Waals surface area (Å²) in [5.74, 6) is 0. The normalized spacial score (nSPS) is 17.0. The molecule has 2 atom stereocenters. The SMILES string of the molecule is C[C@H](C[C@@H](O)/C=C\C=C\CCO[Si](C)(C)C(C)(C)C)O[Si](C)(C)C(C)(C)C. The van der Waals surface area contributed by atoms with E-state index in [0.717, 1.165) is 13.0 Å². The molecule has 0 heterocycles. The van der Waals surface area contributed by atoms with E-state index in [9.17, 15) is 5.11 Å². The highest BCUT2D eigenvalue weighted by molar-refractivity contribution is 6.74. The van der Waals surface area contributed by atoms with E-state index in [1.54, 1.807) is 0 Å². The van der Waals surface area contributed by atoms with E-state index >= 15 is 0 Å². The van der Waals surface area contributed by atoms with E-state index in [2.05, 4.69) is 80.7 Å². The first-order valence-corrected chi connectivity index (χ1v) is 16.1. The minimum absolute atomic E-state index is 0.0625. The van der Waals surface area contributed by atoms with Crippen LogP contribution in [-0.4, -0.2) is 40.6 Å². The summed E-state index contributed by atoms with van der Waals surface area (Å²) in [4.78, 5) is 0. The highest BCUT2D eigenvalue weighted by Gasteiger charge is 2.38. The van der Waals surface area contributed by atoms with Gasteiger partial charge in [-0.2, -0.15) is 0 Å². The molecular formula is C22H46O3Si2. The average molecular weight is 415 g/mol. The van der Waals surface area contributed by atoms with Gasteiger partial charge in [-0.15, -0.1) is 0 Å². The molecule has 5 heteroatoms. The molecule has 0 rings (SSSR count). The smallest absolute Gasteiger partial charge is 0.192 e. The Morgan fingerprint density at radius 2 is 1.41 bits per heavy atom. The maximum Gasteiger partial charge on any atom is 0.192 e. The van der Waals surface area contributed by atoms with Gasteiger partial charge in [0.25, 0.3) is 0 Å². The van der Waals surface area contributed by atoms with Crippen LogP contribution in [0.5, 0.6) is 0 Å². The van der Waals surface area contributed by atoms with E-state index in [-0.39, 0.29) is 16.2 Å². The van der Waals surface area contributed by atoms with Crippen LogP contribution in [0.2, 0.25) is 36.3 Å². The molecule has 0 saturated carbocycles. The van der Waals surface area contributed by atoms with Crippen molar-refractivity contribution < 1.29 is 14.0 Å². The standard InChI is InChI=1S/C22H46O3Si2/c1-19(25-27(10,11)22(5,6)7)18-20(23)16-14-12-13-15-17-24-26(8,9)21(2,3)4/h12-14,16,19-20,23H,15,17-18H2,1-11H3/b13-12+,16-14-/t19-,20+/m1/s1. The largest absolute Gasteiger partial charge is 0.417 e. The third-order valence-electron chi connectivity index (χ3n) is 6.01. The van der Waals surface area contributed by atoms with Gasteiger partial charge in [-0.25, -0.2) is 0 Å². The van der Waals surface area contributed by atoms with E-state index in [1.807, 2.05) is 18.2 Å². The molecule has 0 saturated heterocycles. The van der Waals surface area contributed by atoms with Crippen molar-refractivity contribution in [2.75, 3.05) is 6.61 Å². The van der Waals surface area contributed by atoms with Crippen LogP contribution in [0.15, 0.2) is 24.3 Å². The lowest BCUT2D eigenvalue weighted by Crippen LogP contribution is -2.43. The van der Waals surface area contributed by atoms with Crippen LogP contribution in [0.3, 0.4) is 0 Å². The van der Waals surface area contributed by atoms with Crippen LogP contribution in [0, 0.1) is 0 Å². The zero-order valence-corrected chi connectivity index (χ0v) is 21.8. The third kappa shape index (κ3) is 10.2. The van der Waals surface area contributed by atoms with Gasteiger partial charge >= 0.3 is 0 Å². The Labute approximate surface area is 171 Å². The number of allylic oxidation sites excluding steroid dienone is 2. The van der Waals surface area contributed by atoms with Gasteiger partial charge in [0.1, 0.15) is 0 Å². The molecule has 0 spiro atoms. The van der Waals surface area contributed by atoms with E-state index in [1.165, 1.54) is 0 Å². The van der Waals surface area contributed by atoms with Crippen molar-refractivity contribution in [1.82, 2.24) is 0 Å². The van der Waals surface area contributed by atoms with Crippen LogP contribution in [-0.2, 0) is 8.85 Å². The lowest BCUT2D eigenvalue weighted by atomic mass is 10.1. The summed E-state index contributed by atoms with van der Waals surface area (Å²) in [5.41, 5.74) is 0. The molecule has 0 aromatic heterocycles. The quantitative estimate of drug-likeness (QED) is 0.246. The van der Waals surface area contributed by atoms with Gasteiger partial charge in [-0.3, -0.25) is 0 Å². The number of aliphatic hydroxyl groups is 1. The minimum Gasteiger partial charge on any atom is -0.417 e. The molecule has 0 unspecified atom stereocenters. The molecule has 0 aliphatic carbocycles. The predicted octanol–water partition coefficient (Wildman–Crippen LogP) is 6.67. The number of aliphatic hydroxyl groups excluding tert-OH is 1. The van der Waals surface area contributed by atoms with Gasteiger partial charge in [-0.1, -0.05) is 65.8 Å². The molecule has 0 aliphatic heterocycles. The fourth-order valence-corrected chi connectivity index (χ4v) is 4.63. The molecule has 0 aliphatic rings. The maximum absolute atomic E-state index is 10.2. The zero-order valence-electron chi connectivity index (χ0n) is 19.8. The van der Waals surface area contributed by atoms with Crippen molar-refractivity contribution in [2.24, 2.45) is 0 Å². The molecule has 0 aromatic rings. The summed E-state index contributed by atoms with van der Waals surface area (Å²) < 4.78 is 12.5. The minimum atomic E-state index is -1.78. The van der Waals surface area contributed by atoms with Crippen molar-refractivity contribution in [1.29, 1.82) is 0 Å². The van der Waals surface area contributed by atoms with Crippen LogP contribution in [0.1, 0.15) is 61.3 Å². The Bertz CT molecular complexity index is 483. The first-order chi connectivity index (χ1) is 12.0. The molecule has 0 radical (unpaired) electrons. The molecule has 0 fully saturated rings. The van der Waals surface area contributed by atoms with Crippen LogP contribution < -0.4 is 0 Å². The first kappa shape index (κ1) is 26.8. The van der Waals surface area contributed by atoms with Gasteiger partial charge in [0.05, 0.1) is 6.10 Å². The molecule has 0 amide bonds. The van der Waals surface area contributed by atoms with E-state index in [4.69, 9.17) is 8.85 Å². The van der Waals surface area contributed by atoms with Gasteiger partial charge in [0.2, 0.25) is 0 Å². The zero-order chi connectivity index (χ0) is 21.5. The Morgan fingerprint density at radius 3 is 1.89 bits per heavy atom. The molecule has 3 nitrogen and oxygen atoms in total. The van der Waals surface area contributed by atoms with Crippen molar-refractivity contribution in [3.63, 3.8) is 0 Å². The number of hydrogen-bond donors (Lipinski definition) is 1. The Balaban J connectivity index is 4.24. The van der Waals surface area contributed by atoms with Gasteiger partial charge in [0, 0.05) is 19.1 Å². The van der Waals surface area contributed by atoms with Crippen molar-refractivity contribution in [3.8, 4) is 0 Å².